The molecule has 0 spiro atoms. The van der Waals surface area contributed by atoms with Crippen molar-refractivity contribution in [2.75, 3.05) is 5.32 Å². The molecule has 0 fully saturated rings. The van der Waals surface area contributed by atoms with Crippen LogP contribution in [-0.2, 0) is 4.79 Å². The Morgan fingerprint density at radius 1 is 1.11 bits per heavy atom. The van der Waals surface area contributed by atoms with Crippen molar-refractivity contribution in [2.24, 2.45) is 11.0 Å². The number of hydrazone groups is 1. The molecule has 0 saturated carbocycles. The number of carbonyl (C=O) groups is 2. The Bertz CT molecular complexity index is 843. The smallest absolute Gasteiger partial charge is 0.271 e. The number of hydrogen-bond acceptors (Lipinski definition) is 5. The highest BCUT2D eigenvalue weighted by molar-refractivity contribution is 5.96. The summed E-state index contributed by atoms with van der Waals surface area (Å²) in [5, 5.41) is 17.2. The number of nitrogens with zero attached hydrogens (tertiary/aromatic N) is 2. The molecule has 8 heteroatoms. The topological polar surface area (TPSA) is 114 Å². The van der Waals surface area contributed by atoms with Gasteiger partial charge in [-0.25, -0.2) is 5.43 Å². The molecule has 0 bridgehead atoms. The van der Waals surface area contributed by atoms with Crippen molar-refractivity contribution in [1.82, 2.24) is 5.43 Å². The first-order valence-corrected chi connectivity index (χ1v) is 8.33. The van der Waals surface area contributed by atoms with E-state index < -0.39 is 10.8 Å². The maximum Gasteiger partial charge on any atom is 0.271 e. The highest BCUT2D eigenvalue weighted by Gasteiger charge is 2.07. The molecular formula is C19H20N4O4. The van der Waals surface area contributed by atoms with Crippen molar-refractivity contribution < 1.29 is 14.5 Å². The normalized spacial score (nSPS) is 10.8. The predicted octanol–water partition coefficient (Wildman–Crippen LogP) is 3.34. The highest BCUT2D eigenvalue weighted by Crippen LogP contribution is 2.12. The van der Waals surface area contributed by atoms with Crippen molar-refractivity contribution >= 4 is 29.4 Å². The van der Waals surface area contributed by atoms with Gasteiger partial charge >= 0.3 is 0 Å². The quantitative estimate of drug-likeness (QED) is 0.443. The van der Waals surface area contributed by atoms with E-state index >= 15 is 0 Å². The van der Waals surface area contributed by atoms with Crippen LogP contribution in [0.5, 0.6) is 0 Å². The minimum Gasteiger partial charge on any atom is -0.326 e. The molecule has 0 aliphatic heterocycles. The SMILES string of the molecule is CC(C)CC(=O)Nc1ccc(C(=O)N/N=C/c2ccc([N+](=O)[O-])cc2)cc1. The van der Waals surface area contributed by atoms with Crippen LogP contribution in [-0.4, -0.2) is 23.0 Å². The van der Waals surface area contributed by atoms with Crippen LogP contribution in [0.2, 0.25) is 0 Å². The summed E-state index contributed by atoms with van der Waals surface area (Å²) in [6.45, 7) is 3.93. The van der Waals surface area contributed by atoms with E-state index in [1.807, 2.05) is 13.8 Å². The third-order valence-corrected chi connectivity index (χ3v) is 3.51. The second-order valence-electron chi connectivity index (χ2n) is 6.27. The van der Waals surface area contributed by atoms with Crippen LogP contribution < -0.4 is 10.7 Å². The number of hydrogen-bond donors (Lipinski definition) is 2. The number of benzene rings is 2. The Morgan fingerprint density at radius 3 is 2.30 bits per heavy atom. The third kappa shape index (κ3) is 6.35. The van der Waals surface area contributed by atoms with Gasteiger partial charge in [0.2, 0.25) is 5.91 Å². The van der Waals surface area contributed by atoms with E-state index in [1.165, 1.54) is 30.5 Å². The van der Waals surface area contributed by atoms with Gasteiger partial charge in [-0.3, -0.25) is 19.7 Å². The first-order valence-electron chi connectivity index (χ1n) is 8.33. The predicted molar refractivity (Wildman–Crippen MR) is 103 cm³/mol. The first kappa shape index (κ1) is 19.8. The van der Waals surface area contributed by atoms with Gasteiger partial charge in [0.25, 0.3) is 11.6 Å². The van der Waals surface area contributed by atoms with Crippen molar-refractivity contribution in [3.63, 3.8) is 0 Å². The lowest BCUT2D eigenvalue weighted by Crippen LogP contribution is -2.18. The van der Waals surface area contributed by atoms with E-state index in [9.17, 15) is 19.7 Å². The highest BCUT2D eigenvalue weighted by atomic mass is 16.6. The molecule has 2 aromatic rings. The summed E-state index contributed by atoms with van der Waals surface area (Å²) >= 11 is 0. The van der Waals surface area contributed by atoms with Crippen LogP contribution in [0.3, 0.4) is 0 Å². The first-order chi connectivity index (χ1) is 12.8. The Labute approximate surface area is 156 Å². The summed E-state index contributed by atoms with van der Waals surface area (Å²) in [5.74, 6) is -0.216. The summed E-state index contributed by atoms with van der Waals surface area (Å²) in [6, 6.07) is 12.2. The molecular weight excluding hydrogens is 348 g/mol. The van der Waals surface area contributed by atoms with Gasteiger partial charge in [-0.15, -0.1) is 0 Å². The number of anilines is 1. The second-order valence-corrected chi connectivity index (χ2v) is 6.27. The molecule has 2 rings (SSSR count). The lowest BCUT2D eigenvalue weighted by Gasteiger charge is -2.07. The molecule has 2 N–H and O–H groups in total. The fraction of sp³-hybridized carbons (Fsp3) is 0.211. The Balaban J connectivity index is 1.90. The van der Waals surface area contributed by atoms with Gasteiger partial charge in [0.1, 0.15) is 0 Å². The average molecular weight is 368 g/mol. The molecule has 0 atom stereocenters. The summed E-state index contributed by atoms with van der Waals surface area (Å²) in [4.78, 5) is 33.9. The Hall–Kier alpha value is -3.55. The van der Waals surface area contributed by atoms with Gasteiger partial charge in [-0.1, -0.05) is 13.8 Å². The molecule has 140 valence electrons. The number of nitro groups is 1. The molecule has 0 saturated heterocycles. The minimum absolute atomic E-state index is 0.0169. The van der Waals surface area contributed by atoms with E-state index in [0.717, 1.165) is 0 Å². The van der Waals surface area contributed by atoms with Crippen LogP contribution in [0.1, 0.15) is 36.2 Å². The molecule has 0 aliphatic carbocycles. The number of nitrogens with one attached hydrogen (secondary N) is 2. The monoisotopic (exact) mass is 368 g/mol. The number of rotatable bonds is 7. The maximum absolute atomic E-state index is 12.1. The number of nitro benzene ring substituents is 1. The number of non-ortho nitro benzene ring substituents is 1. The number of amides is 2. The molecule has 0 radical (unpaired) electrons. The van der Waals surface area contributed by atoms with Gasteiger partial charge < -0.3 is 5.32 Å². The third-order valence-electron chi connectivity index (χ3n) is 3.51. The van der Waals surface area contributed by atoms with E-state index in [4.69, 9.17) is 0 Å². The fourth-order valence-electron chi connectivity index (χ4n) is 2.20. The zero-order valence-corrected chi connectivity index (χ0v) is 15.0. The molecule has 2 amide bonds. The van der Waals surface area contributed by atoms with Crippen molar-refractivity contribution in [2.45, 2.75) is 20.3 Å². The van der Waals surface area contributed by atoms with Gasteiger partial charge in [0, 0.05) is 29.8 Å². The molecule has 0 heterocycles. The summed E-state index contributed by atoms with van der Waals surface area (Å²) < 4.78 is 0. The van der Waals surface area contributed by atoms with Crippen molar-refractivity contribution in [3.05, 3.63) is 69.8 Å². The van der Waals surface area contributed by atoms with Crippen molar-refractivity contribution in [3.8, 4) is 0 Å². The van der Waals surface area contributed by atoms with Gasteiger partial charge in [-0.05, 0) is 47.9 Å². The molecule has 0 aromatic heterocycles. The largest absolute Gasteiger partial charge is 0.326 e. The zero-order valence-electron chi connectivity index (χ0n) is 15.0. The summed E-state index contributed by atoms with van der Waals surface area (Å²) in [6.07, 6.45) is 1.82. The molecule has 27 heavy (non-hydrogen) atoms. The molecule has 0 unspecified atom stereocenters. The van der Waals surface area contributed by atoms with Crippen molar-refractivity contribution in [1.29, 1.82) is 0 Å². The van der Waals surface area contributed by atoms with Crippen LogP contribution in [0.25, 0.3) is 0 Å². The van der Waals surface area contributed by atoms with Crippen LogP contribution in [0.4, 0.5) is 11.4 Å². The van der Waals surface area contributed by atoms with E-state index in [1.54, 1.807) is 24.3 Å². The lowest BCUT2D eigenvalue weighted by atomic mass is 10.1. The van der Waals surface area contributed by atoms with E-state index in [2.05, 4.69) is 15.8 Å². The standard InChI is InChI=1S/C19H20N4O4/c1-13(2)11-18(24)21-16-7-5-15(6-8-16)19(25)22-20-12-14-3-9-17(10-4-14)23(26)27/h3-10,12-13H,11H2,1-2H3,(H,21,24)(H,22,25)/b20-12+. The summed E-state index contributed by atoms with van der Waals surface area (Å²) in [7, 11) is 0. The Kier molecular flexibility index (Phi) is 6.76. The van der Waals surface area contributed by atoms with Gasteiger partial charge in [-0.2, -0.15) is 5.10 Å². The minimum atomic E-state index is -0.488. The average Bonchev–Trinajstić information content (AvgIpc) is 2.62. The van der Waals surface area contributed by atoms with Crippen LogP contribution in [0.15, 0.2) is 53.6 Å². The molecule has 8 nitrogen and oxygen atoms in total. The number of carbonyl (C=O) groups excluding carboxylic acids is 2. The Morgan fingerprint density at radius 2 is 1.74 bits per heavy atom. The fourth-order valence-corrected chi connectivity index (χ4v) is 2.20. The van der Waals surface area contributed by atoms with Gasteiger partial charge in [0.15, 0.2) is 0 Å². The van der Waals surface area contributed by atoms with E-state index in [0.29, 0.717) is 23.2 Å². The van der Waals surface area contributed by atoms with E-state index in [-0.39, 0.29) is 17.5 Å². The maximum atomic E-state index is 12.1. The summed E-state index contributed by atoms with van der Waals surface area (Å²) in [5.41, 5.74) is 3.98. The molecule has 2 aromatic carbocycles. The van der Waals surface area contributed by atoms with Gasteiger partial charge in [0.05, 0.1) is 11.1 Å². The van der Waals surface area contributed by atoms with Crippen LogP contribution >= 0.6 is 0 Å². The van der Waals surface area contributed by atoms with Crippen LogP contribution in [0, 0.1) is 16.0 Å². The second kappa shape index (κ2) is 9.23. The lowest BCUT2D eigenvalue weighted by molar-refractivity contribution is -0.384. The molecule has 0 aliphatic rings. The zero-order chi connectivity index (χ0) is 19.8.